The summed E-state index contributed by atoms with van der Waals surface area (Å²) in [4.78, 5) is 2.26. The number of nitrogens with one attached hydrogen (secondary N) is 1. The normalized spacial score (nSPS) is 18.0. The van der Waals surface area contributed by atoms with Crippen LogP contribution in [0.2, 0.25) is 0 Å². The van der Waals surface area contributed by atoms with Gasteiger partial charge in [-0.25, -0.2) is 0 Å². The second-order valence-electron chi connectivity index (χ2n) is 4.85. The van der Waals surface area contributed by atoms with Gasteiger partial charge >= 0.3 is 0 Å². The van der Waals surface area contributed by atoms with Crippen LogP contribution in [0.3, 0.4) is 0 Å². The van der Waals surface area contributed by atoms with E-state index in [4.69, 9.17) is 0 Å². The van der Waals surface area contributed by atoms with Gasteiger partial charge in [0, 0.05) is 25.3 Å². The number of aliphatic hydroxyl groups excluding tert-OH is 1. The quantitative estimate of drug-likeness (QED) is 0.832. The maximum Gasteiger partial charge on any atom is 0.0940 e. The summed E-state index contributed by atoms with van der Waals surface area (Å²) >= 11 is 0. The van der Waals surface area contributed by atoms with Crippen molar-refractivity contribution >= 4 is 5.69 Å². The van der Waals surface area contributed by atoms with Gasteiger partial charge in [-0.2, -0.15) is 0 Å². The summed E-state index contributed by atoms with van der Waals surface area (Å²) in [5, 5.41) is 13.5. The molecule has 1 aromatic rings. The lowest BCUT2D eigenvalue weighted by molar-refractivity contribution is 0.137. The fourth-order valence-corrected chi connectivity index (χ4v) is 2.49. The average molecular weight is 234 g/mol. The van der Waals surface area contributed by atoms with E-state index in [0.717, 1.165) is 25.1 Å². The SMILES string of the molecule is CCNC(C)C(O)c1ccc2c(c1)CCN2C. The van der Waals surface area contributed by atoms with Crippen LogP contribution in [0, 0.1) is 0 Å². The number of fused-ring (bicyclic) bond motifs is 1. The fraction of sp³-hybridized carbons (Fsp3) is 0.571. The minimum Gasteiger partial charge on any atom is -0.387 e. The Labute approximate surface area is 103 Å². The molecule has 0 amide bonds. The number of nitrogens with zero attached hydrogens (tertiary/aromatic N) is 1. The van der Waals surface area contributed by atoms with Crippen molar-refractivity contribution in [3.8, 4) is 0 Å². The highest BCUT2D eigenvalue weighted by atomic mass is 16.3. The molecule has 0 saturated heterocycles. The molecule has 1 aromatic carbocycles. The number of benzene rings is 1. The summed E-state index contributed by atoms with van der Waals surface area (Å²) in [5.41, 5.74) is 3.68. The molecule has 3 heteroatoms. The summed E-state index contributed by atoms with van der Waals surface area (Å²) < 4.78 is 0. The molecule has 2 atom stereocenters. The van der Waals surface area contributed by atoms with Crippen molar-refractivity contribution < 1.29 is 5.11 Å². The highest BCUT2D eigenvalue weighted by Gasteiger charge is 2.20. The van der Waals surface area contributed by atoms with E-state index in [1.807, 2.05) is 13.0 Å². The van der Waals surface area contributed by atoms with Crippen LogP contribution in [0.4, 0.5) is 5.69 Å². The number of rotatable bonds is 4. The molecule has 2 N–H and O–H groups in total. The van der Waals surface area contributed by atoms with Crippen LogP contribution in [0.5, 0.6) is 0 Å². The summed E-state index contributed by atoms with van der Waals surface area (Å²) in [6.07, 6.45) is 0.660. The third kappa shape index (κ3) is 2.45. The van der Waals surface area contributed by atoms with Crippen molar-refractivity contribution in [2.75, 3.05) is 25.0 Å². The summed E-state index contributed by atoms with van der Waals surface area (Å²) in [6.45, 7) is 6.04. The van der Waals surface area contributed by atoms with E-state index in [1.54, 1.807) is 0 Å². The van der Waals surface area contributed by atoms with Crippen molar-refractivity contribution in [1.82, 2.24) is 5.32 Å². The van der Waals surface area contributed by atoms with Crippen molar-refractivity contribution in [2.24, 2.45) is 0 Å². The Hall–Kier alpha value is -1.06. The van der Waals surface area contributed by atoms with E-state index in [1.165, 1.54) is 11.3 Å². The van der Waals surface area contributed by atoms with Gasteiger partial charge in [0.2, 0.25) is 0 Å². The highest BCUT2D eigenvalue weighted by Crippen LogP contribution is 2.30. The summed E-state index contributed by atoms with van der Waals surface area (Å²) in [7, 11) is 2.11. The molecule has 0 radical (unpaired) electrons. The summed E-state index contributed by atoms with van der Waals surface area (Å²) in [6, 6.07) is 6.41. The first-order valence-corrected chi connectivity index (χ1v) is 6.39. The lowest BCUT2D eigenvalue weighted by atomic mass is 10.00. The molecule has 0 bridgehead atoms. The van der Waals surface area contributed by atoms with Crippen LogP contribution in [0.15, 0.2) is 18.2 Å². The van der Waals surface area contributed by atoms with Crippen molar-refractivity contribution in [3.63, 3.8) is 0 Å². The number of aliphatic hydroxyl groups is 1. The Morgan fingerprint density at radius 2 is 2.24 bits per heavy atom. The van der Waals surface area contributed by atoms with Gasteiger partial charge < -0.3 is 15.3 Å². The van der Waals surface area contributed by atoms with Crippen molar-refractivity contribution in [2.45, 2.75) is 32.4 Å². The van der Waals surface area contributed by atoms with Gasteiger partial charge in [-0.15, -0.1) is 0 Å². The number of hydrogen-bond donors (Lipinski definition) is 2. The molecule has 2 rings (SSSR count). The van der Waals surface area contributed by atoms with Crippen LogP contribution in [0.25, 0.3) is 0 Å². The summed E-state index contributed by atoms with van der Waals surface area (Å²) in [5.74, 6) is 0. The molecular weight excluding hydrogens is 212 g/mol. The molecule has 1 heterocycles. The van der Waals surface area contributed by atoms with Crippen LogP contribution < -0.4 is 10.2 Å². The molecule has 0 spiro atoms. The van der Waals surface area contributed by atoms with E-state index >= 15 is 0 Å². The van der Waals surface area contributed by atoms with E-state index < -0.39 is 6.10 Å². The third-order valence-electron chi connectivity index (χ3n) is 3.57. The highest BCUT2D eigenvalue weighted by molar-refractivity contribution is 5.58. The van der Waals surface area contributed by atoms with Crippen molar-refractivity contribution in [3.05, 3.63) is 29.3 Å². The van der Waals surface area contributed by atoms with E-state index in [9.17, 15) is 5.11 Å². The van der Waals surface area contributed by atoms with Gasteiger partial charge in [-0.05, 0) is 37.1 Å². The Bertz CT molecular complexity index is 392. The molecule has 1 aliphatic rings. The monoisotopic (exact) mass is 234 g/mol. The van der Waals surface area contributed by atoms with E-state index in [0.29, 0.717) is 0 Å². The second-order valence-corrected chi connectivity index (χ2v) is 4.85. The van der Waals surface area contributed by atoms with Crippen LogP contribution in [0.1, 0.15) is 31.1 Å². The Morgan fingerprint density at radius 3 is 2.94 bits per heavy atom. The predicted octanol–water partition coefficient (Wildman–Crippen LogP) is 1.71. The molecule has 2 unspecified atom stereocenters. The third-order valence-corrected chi connectivity index (χ3v) is 3.57. The van der Waals surface area contributed by atoms with Gasteiger partial charge in [0.25, 0.3) is 0 Å². The zero-order chi connectivity index (χ0) is 12.4. The molecule has 1 aliphatic heterocycles. The number of hydrogen-bond acceptors (Lipinski definition) is 3. The van der Waals surface area contributed by atoms with Gasteiger partial charge in [0.1, 0.15) is 0 Å². The molecule has 0 fully saturated rings. The molecule has 3 nitrogen and oxygen atoms in total. The minimum absolute atomic E-state index is 0.0946. The lowest BCUT2D eigenvalue weighted by Gasteiger charge is -2.21. The maximum absolute atomic E-state index is 10.2. The largest absolute Gasteiger partial charge is 0.387 e. The molecule has 0 aromatic heterocycles. The molecule has 17 heavy (non-hydrogen) atoms. The standard InChI is InChI=1S/C14H22N2O/c1-4-15-10(2)14(17)12-5-6-13-11(9-12)7-8-16(13)3/h5-6,9-10,14-15,17H,4,7-8H2,1-3H3. The number of likely N-dealkylation sites (N-methyl/N-ethyl adjacent to an activating group) is 2. The van der Waals surface area contributed by atoms with Crippen LogP contribution in [-0.4, -0.2) is 31.3 Å². The van der Waals surface area contributed by atoms with Crippen LogP contribution in [-0.2, 0) is 6.42 Å². The van der Waals surface area contributed by atoms with Gasteiger partial charge in [0.15, 0.2) is 0 Å². The zero-order valence-electron chi connectivity index (χ0n) is 10.9. The second kappa shape index (κ2) is 5.07. The molecular formula is C14H22N2O. The minimum atomic E-state index is -0.425. The topological polar surface area (TPSA) is 35.5 Å². The van der Waals surface area contributed by atoms with Gasteiger partial charge in [-0.1, -0.05) is 19.1 Å². The average Bonchev–Trinajstić information content (AvgIpc) is 2.70. The lowest BCUT2D eigenvalue weighted by Crippen LogP contribution is -2.31. The Balaban J connectivity index is 2.17. The van der Waals surface area contributed by atoms with Crippen molar-refractivity contribution in [1.29, 1.82) is 0 Å². The first-order valence-electron chi connectivity index (χ1n) is 6.39. The maximum atomic E-state index is 10.2. The fourth-order valence-electron chi connectivity index (χ4n) is 2.49. The van der Waals surface area contributed by atoms with Gasteiger partial charge in [-0.3, -0.25) is 0 Å². The number of anilines is 1. The first kappa shape index (κ1) is 12.4. The van der Waals surface area contributed by atoms with E-state index in [2.05, 4.69) is 36.3 Å². The zero-order valence-corrected chi connectivity index (χ0v) is 10.9. The Kier molecular flexibility index (Phi) is 3.69. The predicted molar refractivity (Wildman–Crippen MR) is 71.5 cm³/mol. The van der Waals surface area contributed by atoms with Crippen LogP contribution >= 0.6 is 0 Å². The molecule has 0 saturated carbocycles. The Morgan fingerprint density at radius 1 is 1.47 bits per heavy atom. The van der Waals surface area contributed by atoms with Gasteiger partial charge in [0.05, 0.1) is 6.10 Å². The smallest absolute Gasteiger partial charge is 0.0940 e. The molecule has 0 aliphatic carbocycles. The van der Waals surface area contributed by atoms with E-state index in [-0.39, 0.29) is 6.04 Å². The molecule has 94 valence electrons. The first-order chi connectivity index (χ1) is 8.13.